The van der Waals surface area contributed by atoms with Crippen molar-refractivity contribution in [2.24, 2.45) is 11.7 Å². The van der Waals surface area contributed by atoms with Crippen molar-refractivity contribution in [2.75, 3.05) is 33.3 Å². The lowest BCUT2D eigenvalue weighted by Crippen LogP contribution is -2.50. The van der Waals surface area contributed by atoms with Crippen LogP contribution in [0.15, 0.2) is 24.3 Å². The summed E-state index contributed by atoms with van der Waals surface area (Å²) in [5, 5.41) is 0. The Balaban J connectivity index is 1.55. The van der Waals surface area contributed by atoms with Gasteiger partial charge in [-0.2, -0.15) is 0 Å². The molecule has 1 aromatic carbocycles. The molecular formula is C18H25N3O3. The topological polar surface area (TPSA) is 75.9 Å². The number of amides is 2. The number of carbonyl (C=O) groups excluding carboxylic acids is 2. The summed E-state index contributed by atoms with van der Waals surface area (Å²) in [6.07, 6.45) is 2.49. The quantitative estimate of drug-likeness (QED) is 0.879. The number of carbonyl (C=O) groups is 2. The van der Waals surface area contributed by atoms with E-state index in [1.54, 1.807) is 7.11 Å². The molecule has 0 bridgehead atoms. The van der Waals surface area contributed by atoms with Crippen LogP contribution in [-0.4, -0.2) is 54.9 Å². The van der Waals surface area contributed by atoms with E-state index in [1.807, 2.05) is 29.2 Å². The molecule has 0 radical (unpaired) electrons. The summed E-state index contributed by atoms with van der Waals surface area (Å²) in [6.45, 7) is 2.75. The van der Waals surface area contributed by atoms with Gasteiger partial charge >= 0.3 is 0 Å². The minimum atomic E-state index is -0.221. The number of likely N-dealkylation sites (tertiary alicyclic amines) is 2. The summed E-state index contributed by atoms with van der Waals surface area (Å²) < 4.78 is 5.27. The number of hydrogen-bond donors (Lipinski definition) is 1. The van der Waals surface area contributed by atoms with Gasteiger partial charge in [-0.15, -0.1) is 0 Å². The van der Waals surface area contributed by atoms with Crippen molar-refractivity contribution in [1.29, 1.82) is 0 Å². The van der Waals surface area contributed by atoms with Crippen LogP contribution in [0.5, 0.6) is 5.75 Å². The lowest BCUT2D eigenvalue weighted by atomic mass is 9.94. The standard InChI is InChI=1S/C18H25N3O3/c1-24-15-4-2-3-14(11-15)16-7-10-21(16)17(22)12-20-8-5-13(6-9-20)18(19)23/h2-4,11,13,16H,5-10,12H2,1H3,(H2,19,23)/t16-/m1/s1. The molecule has 24 heavy (non-hydrogen) atoms. The van der Waals surface area contributed by atoms with E-state index in [9.17, 15) is 9.59 Å². The Bertz CT molecular complexity index is 611. The van der Waals surface area contributed by atoms with Crippen LogP contribution in [0.2, 0.25) is 0 Å². The van der Waals surface area contributed by atoms with Crippen LogP contribution >= 0.6 is 0 Å². The second-order valence-electron chi connectivity index (χ2n) is 6.62. The maximum absolute atomic E-state index is 12.6. The lowest BCUT2D eigenvalue weighted by Gasteiger charge is -2.43. The van der Waals surface area contributed by atoms with E-state index in [2.05, 4.69) is 4.90 Å². The van der Waals surface area contributed by atoms with Crippen LogP contribution in [0.3, 0.4) is 0 Å². The summed E-state index contributed by atoms with van der Waals surface area (Å²) in [5.74, 6) is 0.721. The van der Waals surface area contributed by atoms with Crippen molar-refractivity contribution >= 4 is 11.8 Å². The van der Waals surface area contributed by atoms with Gasteiger partial charge in [-0.1, -0.05) is 12.1 Å². The normalized spacial score (nSPS) is 22.0. The Morgan fingerprint density at radius 2 is 1.96 bits per heavy atom. The van der Waals surface area contributed by atoms with Crippen LogP contribution in [0.1, 0.15) is 30.9 Å². The Kier molecular flexibility index (Phi) is 5.04. The van der Waals surface area contributed by atoms with Crippen molar-refractivity contribution in [3.05, 3.63) is 29.8 Å². The number of hydrogen-bond acceptors (Lipinski definition) is 4. The van der Waals surface area contributed by atoms with Crippen molar-refractivity contribution in [2.45, 2.75) is 25.3 Å². The monoisotopic (exact) mass is 331 g/mol. The number of rotatable bonds is 5. The fraction of sp³-hybridized carbons (Fsp3) is 0.556. The zero-order chi connectivity index (χ0) is 17.1. The first-order chi connectivity index (χ1) is 11.6. The average molecular weight is 331 g/mol. The third-order valence-corrected chi connectivity index (χ3v) is 5.17. The molecule has 1 atom stereocenters. The molecule has 2 heterocycles. The number of nitrogens with two attached hydrogens (primary N) is 1. The number of primary amides is 1. The second-order valence-corrected chi connectivity index (χ2v) is 6.62. The summed E-state index contributed by atoms with van der Waals surface area (Å²) in [7, 11) is 1.65. The van der Waals surface area contributed by atoms with Gasteiger partial charge in [0.2, 0.25) is 11.8 Å². The Labute approximate surface area is 142 Å². The van der Waals surface area contributed by atoms with Gasteiger partial charge in [-0.25, -0.2) is 0 Å². The van der Waals surface area contributed by atoms with Crippen molar-refractivity contribution < 1.29 is 14.3 Å². The van der Waals surface area contributed by atoms with E-state index in [0.717, 1.165) is 50.2 Å². The molecule has 0 unspecified atom stereocenters. The summed E-state index contributed by atoms with van der Waals surface area (Å²) in [5.41, 5.74) is 6.48. The molecule has 0 aromatic heterocycles. The van der Waals surface area contributed by atoms with Crippen LogP contribution in [0.25, 0.3) is 0 Å². The van der Waals surface area contributed by atoms with Crippen molar-refractivity contribution in [1.82, 2.24) is 9.80 Å². The number of piperidine rings is 1. The fourth-order valence-electron chi connectivity index (χ4n) is 3.54. The maximum atomic E-state index is 12.6. The van der Waals surface area contributed by atoms with Crippen LogP contribution in [-0.2, 0) is 9.59 Å². The van der Waals surface area contributed by atoms with E-state index in [4.69, 9.17) is 10.5 Å². The van der Waals surface area contributed by atoms with Gasteiger partial charge < -0.3 is 15.4 Å². The number of nitrogens with zero attached hydrogens (tertiary/aromatic N) is 2. The maximum Gasteiger partial charge on any atom is 0.237 e. The molecule has 2 amide bonds. The van der Waals surface area contributed by atoms with Gasteiger partial charge in [-0.05, 0) is 50.0 Å². The Morgan fingerprint density at radius 1 is 1.21 bits per heavy atom. The van der Waals surface area contributed by atoms with Gasteiger partial charge in [0.15, 0.2) is 0 Å². The SMILES string of the molecule is COc1cccc([C@H]2CCN2C(=O)CN2CCC(C(N)=O)CC2)c1. The smallest absolute Gasteiger partial charge is 0.237 e. The molecule has 2 saturated heterocycles. The molecule has 0 spiro atoms. The van der Waals surface area contributed by atoms with E-state index >= 15 is 0 Å². The van der Waals surface area contributed by atoms with Gasteiger partial charge in [-0.3, -0.25) is 14.5 Å². The summed E-state index contributed by atoms with van der Waals surface area (Å²) in [6, 6.07) is 8.07. The third kappa shape index (κ3) is 3.53. The Hall–Kier alpha value is -2.08. The zero-order valence-corrected chi connectivity index (χ0v) is 14.1. The van der Waals surface area contributed by atoms with Gasteiger partial charge in [0, 0.05) is 12.5 Å². The number of ether oxygens (including phenoxy) is 1. The number of benzene rings is 1. The predicted octanol–water partition coefficient (Wildman–Crippen LogP) is 1.17. The largest absolute Gasteiger partial charge is 0.497 e. The fourth-order valence-corrected chi connectivity index (χ4v) is 3.54. The van der Waals surface area contributed by atoms with Crippen LogP contribution in [0.4, 0.5) is 0 Å². The molecule has 130 valence electrons. The first-order valence-electron chi connectivity index (χ1n) is 8.53. The predicted molar refractivity (Wildman–Crippen MR) is 90.4 cm³/mol. The van der Waals surface area contributed by atoms with E-state index < -0.39 is 0 Å². The minimum Gasteiger partial charge on any atom is -0.497 e. The van der Waals surface area contributed by atoms with E-state index in [0.29, 0.717) is 6.54 Å². The van der Waals surface area contributed by atoms with Crippen LogP contribution in [0, 0.1) is 5.92 Å². The molecule has 1 aromatic rings. The van der Waals surface area contributed by atoms with Crippen LogP contribution < -0.4 is 10.5 Å². The van der Waals surface area contributed by atoms with E-state index in [-0.39, 0.29) is 23.8 Å². The molecule has 6 nitrogen and oxygen atoms in total. The highest BCUT2D eigenvalue weighted by molar-refractivity contribution is 5.80. The zero-order valence-electron chi connectivity index (χ0n) is 14.1. The second kappa shape index (κ2) is 7.21. The lowest BCUT2D eigenvalue weighted by molar-refractivity contribution is -0.140. The molecule has 0 saturated carbocycles. The minimum absolute atomic E-state index is 0.0371. The van der Waals surface area contributed by atoms with Crippen molar-refractivity contribution in [3.63, 3.8) is 0 Å². The molecule has 2 N–H and O–H groups in total. The highest BCUT2D eigenvalue weighted by Crippen LogP contribution is 2.34. The first-order valence-corrected chi connectivity index (χ1v) is 8.53. The molecular weight excluding hydrogens is 306 g/mol. The van der Waals surface area contributed by atoms with Gasteiger partial charge in [0.25, 0.3) is 0 Å². The summed E-state index contributed by atoms with van der Waals surface area (Å²) >= 11 is 0. The van der Waals surface area contributed by atoms with E-state index in [1.165, 1.54) is 0 Å². The highest BCUT2D eigenvalue weighted by atomic mass is 16.5. The summed E-state index contributed by atoms with van der Waals surface area (Å²) in [4.78, 5) is 27.9. The first kappa shape index (κ1) is 16.8. The highest BCUT2D eigenvalue weighted by Gasteiger charge is 2.34. The Morgan fingerprint density at radius 3 is 2.54 bits per heavy atom. The van der Waals surface area contributed by atoms with Gasteiger partial charge in [0.05, 0.1) is 19.7 Å². The molecule has 6 heteroatoms. The molecule has 0 aliphatic carbocycles. The number of methoxy groups -OCH3 is 1. The third-order valence-electron chi connectivity index (χ3n) is 5.17. The average Bonchev–Trinajstić information content (AvgIpc) is 2.54. The molecule has 2 aliphatic heterocycles. The van der Waals surface area contributed by atoms with Crippen molar-refractivity contribution in [3.8, 4) is 5.75 Å². The molecule has 2 aliphatic rings. The molecule has 3 rings (SSSR count). The molecule has 2 fully saturated rings. The van der Waals surface area contributed by atoms with Gasteiger partial charge in [0.1, 0.15) is 5.75 Å².